The molecule has 0 aliphatic rings. The van der Waals surface area contributed by atoms with Crippen LogP contribution in [0.4, 0.5) is 13.2 Å². The molecule has 100 valence electrons. The van der Waals surface area contributed by atoms with Crippen LogP contribution in [0, 0.1) is 0 Å². The predicted octanol–water partition coefficient (Wildman–Crippen LogP) is 3.26. The molecular weight excluding hydrogens is 253 g/mol. The fraction of sp³-hybridized carbons (Fsp3) is 0.143. The first-order valence-corrected chi connectivity index (χ1v) is 5.70. The summed E-state index contributed by atoms with van der Waals surface area (Å²) in [6.07, 6.45) is -4.32. The lowest BCUT2D eigenvalue weighted by Gasteiger charge is -2.17. The second-order valence-electron chi connectivity index (χ2n) is 4.13. The van der Waals surface area contributed by atoms with Crippen LogP contribution in [0.2, 0.25) is 0 Å². The van der Waals surface area contributed by atoms with Crippen LogP contribution in [0.1, 0.15) is 22.7 Å². The van der Waals surface area contributed by atoms with Crippen molar-refractivity contribution in [2.45, 2.75) is 12.2 Å². The first-order valence-electron chi connectivity index (χ1n) is 5.70. The highest BCUT2D eigenvalue weighted by Gasteiger charge is 2.30. The van der Waals surface area contributed by atoms with Crippen LogP contribution in [0.5, 0.6) is 0 Å². The standard InChI is InChI=1S/C14H13F3N2/c15-14(16,17)12-8-6-11(7-9-12)13(19-18)10-4-2-1-3-5-10/h1-9,13,19H,18H2. The third-order valence-corrected chi connectivity index (χ3v) is 2.87. The quantitative estimate of drug-likeness (QED) is 0.661. The Morgan fingerprint density at radius 1 is 0.842 bits per heavy atom. The molecule has 2 nitrogen and oxygen atoms in total. The lowest BCUT2D eigenvalue weighted by atomic mass is 9.98. The van der Waals surface area contributed by atoms with E-state index >= 15 is 0 Å². The van der Waals surface area contributed by atoms with Gasteiger partial charge in [-0.2, -0.15) is 13.2 Å². The van der Waals surface area contributed by atoms with Crippen LogP contribution in [-0.2, 0) is 6.18 Å². The molecule has 1 unspecified atom stereocenters. The van der Waals surface area contributed by atoms with Crippen LogP contribution in [-0.4, -0.2) is 0 Å². The molecule has 0 saturated heterocycles. The number of benzene rings is 2. The van der Waals surface area contributed by atoms with Crippen LogP contribution < -0.4 is 11.3 Å². The summed E-state index contributed by atoms with van der Waals surface area (Å²) >= 11 is 0. The molecule has 0 aromatic heterocycles. The highest BCUT2D eigenvalue weighted by atomic mass is 19.4. The topological polar surface area (TPSA) is 38.0 Å². The molecule has 0 aliphatic heterocycles. The third kappa shape index (κ3) is 3.13. The van der Waals surface area contributed by atoms with E-state index in [9.17, 15) is 13.2 Å². The van der Waals surface area contributed by atoms with E-state index in [-0.39, 0.29) is 6.04 Å². The fourth-order valence-corrected chi connectivity index (χ4v) is 1.89. The second kappa shape index (κ2) is 5.42. The highest BCUT2D eigenvalue weighted by Crippen LogP contribution is 2.30. The summed E-state index contributed by atoms with van der Waals surface area (Å²) in [5.41, 5.74) is 3.52. The zero-order valence-corrected chi connectivity index (χ0v) is 9.98. The van der Waals surface area contributed by atoms with Gasteiger partial charge in [0.15, 0.2) is 0 Å². The summed E-state index contributed by atoms with van der Waals surface area (Å²) in [5.74, 6) is 5.49. The van der Waals surface area contributed by atoms with Crippen molar-refractivity contribution >= 4 is 0 Å². The molecule has 0 fully saturated rings. The van der Waals surface area contributed by atoms with E-state index in [2.05, 4.69) is 5.43 Å². The van der Waals surface area contributed by atoms with E-state index in [1.54, 1.807) is 0 Å². The van der Waals surface area contributed by atoms with Crippen molar-refractivity contribution in [3.8, 4) is 0 Å². The van der Waals surface area contributed by atoms with E-state index in [4.69, 9.17) is 5.84 Å². The van der Waals surface area contributed by atoms with Crippen LogP contribution in [0.15, 0.2) is 54.6 Å². The average Bonchev–Trinajstić information content (AvgIpc) is 2.40. The normalized spacial score (nSPS) is 13.3. The largest absolute Gasteiger partial charge is 0.416 e. The number of nitrogens with one attached hydrogen (secondary N) is 1. The van der Waals surface area contributed by atoms with Gasteiger partial charge < -0.3 is 0 Å². The molecule has 0 bridgehead atoms. The van der Waals surface area contributed by atoms with E-state index in [1.165, 1.54) is 12.1 Å². The molecule has 3 N–H and O–H groups in total. The van der Waals surface area contributed by atoms with Gasteiger partial charge in [-0.3, -0.25) is 5.84 Å². The molecule has 0 heterocycles. The Morgan fingerprint density at radius 2 is 1.37 bits per heavy atom. The lowest BCUT2D eigenvalue weighted by molar-refractivity contribution is -0.137. The van der Waals surface area contributed by atoms with Gasteiger partial charge in [0, 0.05) is 0 Å². The first-order chi connectivity index (χ1) is 9.02. The van der Waals surface area contributed by atoms with Gasteiger partial charge in [0.05, 0.1) is 11.6 Å². The molecule has 2 aromatic rings. The molecule has 0 spiro atoms. The van der Waals surface area contributed by atoms with Crippen molar-refractivity contribution in [1.29, 1.82) is 0 Å². The van der Waals surface area contributed by atoms with Crippen molar-refractivity contribution in [2.75, 3.05) is 0 Å². The Morgan fingerprint density at radius 3 is 1.84 bits per heavy atom. The molecule has 0 amide bonds. The molecule has 0 radical (unpaired) electrons. The second-order valence-corrected chi connectivity index (χ2v) is 4.13. The number of hydrazine groups is 1. The Bertz CT molecular complexity index is 521. The molecule has 19 heavy (non-hydrogen) atoms. The molecule has 0 aliphatic carbocycles. The summed E-state index contributed by atoms with van der Waals surface area (Å²) in [5, 5.41) is 0. The van der Waals surface area contributed by atoms with E-state index in [0.29, 0.717) is 5.56 Å². The van der Waals surface area contributed by atoms with Gasteiger partial charge in [-0.25, -0.2) is 5.43 Å². The molecule has 5 heteroatoms. The van der Waals surface area contributed by atoms with Gasteiger partial charge in [-0.15, -0.1) is 0 Å². The number of hydrogen-bond donors (Lipinski definition) is 2. The van der Waals surface area contributed by atoms with Gasteiger partial charge in [0.1, 0.15) is 0 Å². The van der Waals surface area contributed by atoms with Crippen molar-refractivity contribution in [3.63, 3.8) is 0 Å². The maximum atomic E-state index is 12.5. The van der Waals surface area contributed by atoms with Crippen LogP contribution in [0.3, 0.4) is 0 Å². The molecule has 1 atom stereocenters. The Balaban J connectivity index is 2.30. The average molecular weight is 266 g/mol. The zero-order chi connectivity index (χ0) is 13.9. The number of alkyl halides is 3. The Hall–Kier alpha value is -1.85. The highest BCUT2D eigenvalue weighted by molar-refractivity contribution is 5.34. The Kier molecular flexibility index (Phi) is 3.87. The van der Waals surface area contributed by atoms with Crippen LogP contribution >= 0.6 is 0 Å². The summed E-state index contributed by atoms with van der Waals surface area (Å²) in [6.45, 7) is 0. The van der Waals surface area contributed by atoms with E-state index in [1.807, 2.05) is 30.3 Å². The summed E-state index contributed by atoms with van der Waals surface area (Å²) in [7, 11) is 0. The van der Waals surface area contributed by atoms with E-state index < -0.39 is 11.7 Å². The minimum atomic E-state index is -4.32. The van der Waals surface area contributed by atoms with Gasteiger partial charge in [-0.1, -0.05) is 42.5 Å². The van der Waals surface area contributed by atoms with Crippen molar-refractivity contribution in [3.05, 3.63) is 71.3 Å². The lowest BCUT2D eigenvalue weighted by Crippen LogP contribution is -2.28. The molecule has 2 rings (SSSR count). The Labute approximate surface area is 109 Å². The summed E-state index contributed by atoms with van der Waals surface area (Å²) in [6, 6.07) is 13.9. The van der Waals surface area contributed by atoms with Crippen molar-refractivity contribution in [2.24, 2.45) is 5.84 Å². The van der Waals surface area contributed by atoms with Crippen molar-refractivity contribution in [1.82, 2.24) is 5.43 Å². The predicted molar refractivity (Wildman–Crippen MR) is 67.1 cm³/mol. The number of nitrogens with two attached hydrogens (primary N) is 1. The summed E-state index contributed by atoms with van der Waals surface area (Å²) in [4.78, 5) is 0. The first kappa shape index (κ1) is 13.6. The molecular formula is C14H13F3N2. The summed E-state index contributed by atoms with van der Waals surface area (Å²) < 4.78 is 37.5. The maximum Gasteiger partial charge on any atom is 0.416 e. The number of hydrogen-bond acceptors (Lipinski definition) is 2. The van der Waals surface area contributed by atoms with Crippen LogP contribution in [0.25, 0.3) is 0 Å². The smallest absolute Gasteiger partial charge is 0.271 e. The molecule has 2 aromatic carbocycles. The van der Waals surface area contributed by atoms with Gasteiger partial charge in [0.2, 0.25) is 0 Å². The number of halogens is 3. The maximum absolute atomic E-state index is 12.5. The minimum absolute atomic E-state index is 0.330. The van der Waals surface area contributed by atoms with E-state index in [0.717, 1.165) is 17.7 Å². The van der Waals surface area contributed by atoms with Gasteiger partial charge in [0.25, 0.3) is 0 Å². The minimum Gasteiger partial charge on any atom is -0.271 e. The van der Waals surface area contributed by atoms with Gasteiger partial charge >= 0.3 is 6.18 Å². The third-order valence-electron chi connectivity index (χ3n) is 2.87. The van der Waals surface area contributed by atoms with Gasteiger partial charge in [-0.05, 0) is 23.3 Å². The number of rotatable bonds is 3. The monoisotopic (exact) mass is 266 g/mol. The molecule has 0 saturated carbocycles. The fourth-order valence-electron chi connectivity index (χ4n) is 1.89. The van der Waals surface area contributed by atoms with Crippen molar-refractivity contribution < 1.29 is 13.2 Å². The SMILES string of the molecule is NNC(c1ccccc1)c1ccc(C(F)(F)F)cc1. The zero-order valence-electron chi connectivity index (χ0n) is 9.98.